The van der Waals surface area contributed by atoms with Crippen LogP contribution >= 0.6 is 0 Å². The number of amides is 1. The molecule has 0 saturated carbocycles. The van der Waals surface area contributed by atoms with Crippen LogP contribution in [0.2, 0.25) is 0 Å². The number of hydrogen-bond donors (Lipinski definition) is 1. The predicted molar refractivity (Wildman–Crippen MR) is 51.9 cm³/mol. The monoisotopic (exact) mass is 209 g/mol. The van der Waals surface area contributed by atoms with Crippen molar-refractivity contribution < 1.29 is 13.6 Å². The van der Waals surface area contributed by atoms with Gasteiger partial charge in [0.25, 0.3) is 0 Å². The highest BCUT2D eigenvalue weighted by atomic mass is 19.2. The first-order valence-corrected chi connectivity index (χ1v) is 4.57. The highest BCUT2D eigenvalue weighted by Crippen LogP contribution is 2.34. The van der Waals surface area contributed by atoms with Gasteiger partial charge in [-0.3, -0.25) is 4.79 Å². The molecule has 2 rings (SSSR count). The number of benzene rings is 1. The van der Waals surface area contributed by atoms with E-state index in [0.29, 0.717) is 29.5 Å². The minimum absolute atomic E-state index is 0.336. The molecule has 0 aliphatic heterocycles. The summed E-state index contributed by atoms with van der Waals surface area (Å²) in [4.78, 5) is 10.7. The minimum atomic E-state index is -0.853. The molecule has 1 aromatic rings. The molecule has 0 aromatic heterocycles. The fourth-order valence-corrected chi connectivity index (χ4v) is 1.85. The van der Waals surface area contributed by atoms with E-state index in [2.05, 4.69) is 0 Å². The molecule has 1 amide bonds. The van der Waals surface area contributed by atoms with Gasteiger partial charge in [-0.1, -0.05) is 6.07 Å². The van der Waals surface area contributed by atoms with E-state index in [4.69, 9.17) is 5.73 Å². The van der Waals surface area contributed by atoms with Gasteiger partial charge in [0.15, 0.2) is 11.6 Å². The standard InChI is InChI=1S/C11H9F2NO/c12-9-4-3-7-6(5-10(14)15)1-2-8(7)11(9)13/h3-5H,1-2H2,(H2,14,15). The molecule has 4 heteroatoms. The molecule has 2 nitrogen and oxygen atoms in total. The second kappa shape index (κ2) is 3.46. The Labute approximate surface area is 85.4 Å². The van der Waals surface area contributed by atoms with Gasteiger partial charge in [-0.05, 0) is 35.6 Å². The lowest BCUT2D eigenvalue weighted by Gasteiger charge is -2.02. The number of carbonyl (C=O) groups is 1. The fraction of sp³-hybridized carbons (Fsp3) is 0.182. The lowest BCUT2D eigenvalue weighted by atomic mass is 10.1. The van der Waals surface area contributed by atoms with Crippen LogP contribution in [0.4, 0.5) is 8.78 Å². The van der Waals surface area contributed by atoms with E-state index < -0.39 is 17.5 Å². The first-order chi connectivity index (χ1) is 7.09. The lowest BCUT2D eigenvalue weighted by molar-refractivity contribution is -0.113. The maximum absolute atomic E-state index is 13.3. The van der Waals surface area contributed by atoms with E-state index in [1.165, 1.54) is 12.1 Å². The summed E-state index contributed by atoms with van der Waals surface area (Å²) in [6, 6.07) is 2.55. The summed E-state index contributed by atoms with van der Waals surface area (Å²) in [6.45, 7) is 0. The van der Waals surface area contributed by atoms with Crippen LogP contribution in [0.1, 0.15) is 17.5 Å². The van der Waals surface area contributed by atoms with E-state index in [-0.39, 0.29) is 0 Å². The normalized spacial score (nSPS) is 16.8. The molecule has 0 unspecified atom stereocenters. The van der Waals surface area contributed by atoms with Crippen molar-refractivity contribution in [2.45, 2.75) is 12.8 Å². The molecule has 1 aromatic carbocycles. The number of rotatable bonds is 1. The maximum atomic E-state index is 13.3. The third-order valence-electron chi connectivity index (χ3n) is 2.50. The molecular weight excluding hydrogens is 200 g/mol. The number of carbonyl (C=O) groups excluding carboxylic acids is 1. The Kier molecular flexibility index (Phi) is 2.26. The highest BCUT2D eigenvalue weighted by molar-refractivity contribution is 5.95. The van der Waals surface area contributed by atoms with Gasteiger partial charge in [0.2, 0.25) is 5.91 Å². The average molecular weight is 209 g/mol. The summed E-state index contributed by atoms with van der Waals surface area (Å²) in [5, 5.41) is 0. The molecule has 15 heavy (non-hydrogen) atoms. The first kappa shape index (κ1) is 9.83. The van der Waals surface area contributed by atoms with Crippen molar-refractivity contribution >= 4 is 11.5 Å². The van der Waals surface area contributed by atoms with Crippen LogP contribution in [-0.4, -0.2) is 5.91 Å². The summed E-state index contributed by atoms with van der Waals surface area (Å²) in [5.74, 6) is -2.24. The number of nitrogens with two attached hydrogens (primary N) is 1. The van der Waals surface area contributed by atoms with Crippen LogP contribution in [0.15, 0.2) is 18.2 Å². The Morgan fingerprint density at radius 2 is 2.07 bits per heavy atom. The van der Waals surface area contributed by atoms with E-state index in [9.17, 15) is 13.6 Å². The lowest BCUT2D eigenvalue weighted by Crippen LogP contribution is -2.06. The SMILES string of the molecule is NC(=O)C=C1CCc2c1ccc(F)c2F. The molecule has 0 bridgehead atoms. The highest BCUT2D eigenvalue weighted by Gasteiger charge is 2.22. The Bertz CT molecular complexity index is 466. The second-order valence-corrected chi connectivity index (χ2v) is 3.46. The van der Waals surface area contributed by atoms with Gasteiger partial charge in [-0.15, -0.1) is 0 Å². The predicted octanol–water partition coefficient (Wildman–Crippen LogP) is 1.78. The number of hydrogen-bond acceptors (Lipinski definition) is 1. The van der Waals surface area contributed by atoms with Gasteiger partial charge in [0.05, 0.1) is 0 Å². The Morgan fingerprint density at radius 1 is 1.33 bits per heavy atom. The Balaban J connectivity index is 2.54. The summed E-state index contributed by atoms with van der Waals surface area (Å²) >= 11 is 0. The first-order valence-electron chi connectivity index (χ1n) is 4.57. The van der Waals surface area contributed by atoms with E-state index in [1.54, 1.807) is 0 Å². The Morgan fingerprint density at radius 3 is 2.73 bits per heavy atom. The largest absolute Gasteiger partial charge is 0.366 e. The van der Waals surface area contributed by atoms with Crippen molar-refractivity contribution in [3.05, 3.63) is 41.0 Å². The molecule has 0 atom stereocenters. The smallest absolute Gasteiger partial charge is 0.241 e. The van der Waals surface area contributed by atoms with E-state index in [1.807, 2.05) is 0 Å². The van der Waals surface area contributed by atoms with Crippen molar-refractivity contribution in [1.29, 1.82) is 0 Å². The molecule has 78 valence electrons. The zero-order chi connectivity index (χ0) is 11.0. The third kappa shape index (κ3) is 1.63. The molecule has 2 N–H and O–H groups in total. The molecule has 1 aliphatic rings. The third-order valence-corrected chi connectivity index (χ3v) is 2.50. The molecule has 0 spiro atoms. The van der Waals surface area contributed by atoms with Crippen molar-refractivity contribution in [1.82, 2.24) is 0 Å². The summed E-state index contributed by atoms with van der Waals surface area (Å²) in [5.41, 5.74) is 6.62. The van der Waals surface area contributed by atoms with Crippen LogP contribution in [-0.2, 0) is 11.2 Å². The summed E-state index contributed by atoms with van der Waals surface area (Å²) in [6.07, 6.45) is 2.21. The van der Waals surface area contributed by atoms with Gasteiger partial charge in [-0.2, -0.15) is 0 Å². The fourth-order valence-electron chi connectivity index (χ4n) is 1.85. The molecule has 0 saturated heterocycles. The number of halogens is 2. The van der Waals surface area contributed by atoms with Gasteiger partial charge in [0, 0.05) is 6.08 Å². The molecule has 0 radical (unpaired) electrons. The summed E-state index contributed by atoms with van der Waals surface area (Å²) in [7, 11) is 0. The number of fused-ring (bicyclic) bond motifs is 1. The molecular formula is C11H9F2NO. The zero-order valence-electron chi connectivity index (χ0n) is 7.89. The number of primary amides is 1. The second-order valence-electron chi connectivity index (χ2n) is 3.46. The Hall–Kier alpha value is -1.71. The quantitative estimate of drug-likeness (QED) is 0.704. The van der Waals surface area contributed by atoms with Crippen LogP contribution in [0.5, 0.6) is 0 Å². The van der Waals surface area contributed by atoms with Crippen LogP contribution in [0, 0.1) is 11.6 Å². The van der Waals surface area contributed by atoms with Gasteiger partial charge < -0.3 is 5.73 Å². The zero-order valence-corrected chi connectivity index (χ0v) is 7.89. The molecule has 1 aliphatic carbocycles. The summed E-state index contributed by atoms with van der Waals surface area (Å²) < 4.78 is 26.2. The van der Waals surface area contributed by atoms with Gasteiger partial charge in [0.1, 0.15) is 0 Å². The van der Waals surface area contributed by atoms with E-state index in [0.717, 1.165) is 6.07 Å². The average Bonchev–Trinajstić information content (AvgIpc) is 2.55. The molecule has 0 heterocycles. The van der Waals surface area contributed by atoms with Crippen molar-refractivity contribution in [2.24, 2.45) is 5.73 Å². The van der Waals surface area contributed by atoms with Crippen LogP contribution in [0.25, 0.3) is 5.57 Å². The van der Waals surface area contributed by atoms with E-state index >= 15 is 0 Å². The van der Waals surface area contributed by atoms with Crippen molar-refractivity contribution in [2.75, 3.05) is 0 Å². The van der Waals surface area contributed by atoms with Gasteiger partial charge in [-0.25, -0.2) is 8.78 Å². The van der Waals surface area contributed by atoms with Crippen molar-refractivity contribution in [3.8, 4) is 0 Å². The topological polar surface area (TPSA) is 43.1 Å². The minimum Gasteiger partial charge on any atom is -0.366 e. The number of allylic oxidation sites excluding steroid dienone is 1. The maximum Gasteiger partial charge on any atom is 0.241 e. The van der Waals surface area contributed by atoms with Crippen molar-refractivity contribution in [3.63, 3.8) is 0 Å². The van der Waals surface area contributed by atoms with Gasteiger partial charge >= 0.3 is 0 Å². The molecule has 0 fully saturated rings. The van der Waals surface area contributed by atoms with Crippen LogP contribution < -0.4 is 5.73 Å². The van der Waals surface area contributed by atoms with Crippen LogP contribution in [0.3, 0.4) is 0 Å².